The summed E-state index contributed by atoms with van der Waals surface area (Å²) in [7, 11) is 0. The molecule has 53 valence electrons. The van der Waals surface area contributed by atoms with Crippen LogP contribution < -0.4 is 0 Å². The van der Waals surface area contributed by atoms with Crippen molar-refractivity contribution in [3.8, 4) is 0 Å². The summed E-state index contributed by atoms with van der Waals surface area (Å²) in [6, 6.07) is 0. The second-order valence-electron chi connectivity index (χ2n) is 2.27. The second-order valence-corrected chi connectivity index (χ2v) is 2.27. The van der Waals surface area contributed by atoms with Crippen molar-refractivity contribution in [1.82, 2.24) is 0 Å². The molecule has 0 aromatic rings. The Morgan fingerprint density at radius 2 is 2.60 bits per heavy atom. The zero-order valence-corrected chi connectivity index (χ0v) is 5.36. The monoisotopic (exact) mass is 139 g/mol. The first kappa shape index (κ1) is 5.70. The molecule has 0 amide bonds. The van der Waals surface area contributed by atoms with E-state index in [1.807, 2.05) is 0 Å². The van der Waals surface area contributed by atoms with E-state index in [2.05, 4.69) is 16.4 Å². The van der Waals surface area contributed by atoms with Crippen LogP contribution in [0.2, 0.25) is 0 Å². The average molecular weight is 139 g/mol. The molecule has 1 radical (unpaired) electrons. The highest BCUT2D eigenvalue weighted by molar-refractivity contribution is 5.63. The van der Waals surface area contributed by atoms with Crippen molar-refractivity contribution >= 4 is 12.6 Å². The van der Waals surface area contributed by atoms with E-state index in [1.54, 1.807) is 0 Å². The van der Waals surface area contributed by atoms with Gasteiger partial charge >= 0.3 is 0 Å². The smallest absolute Gasteiger partial charge is 0.170 e. The van der Waals surface area contributed by atoms with Crippen molar-refractivity contribution in [2.24, 2.45) is 16.1 Å². The molecule has 0 aliphatic carbocycles. The lowest BCUT2D eigenvalue weighted by atomic mass is 10.1. The fourth-order valence-corrected chi connectivity index (χ4v) is 0.983. The quantitative estimate of drug-likeness (QED) is 0.510. The predicted octanol–water partition coefficient (Wildman–Crippen LogP) is -0.0773. The maximum atomic E-state index is 5.14. The maximum Gasteiger partial charge on any atom is 0.170 e. The van der Waals surface area contributed by atoms with Gasteiger partial charge in [0.1, 0.15) is 18.9 Å². The number of rotatable bonds is 1. The zero-order valence-electron chi connectivity index (χ0n) is 5.36. The highest BCUT2D eigenvalue weighted by atomic mass is 16.6. The molecule has 2 aliphatic heterocycles. The highest BCUT2D eigenvalue weighted by Crippen LogP contribution is 2.14. The van der Waals surface area contributed by atoms with Crippen LogP contribution in [0, 0.1) is 5.92 Å². The Hall–Kier alpha value is -1.06. The van der Waals surface area contributed by atoms with E-state index in [-0.39, 0.29) is 12.0 Å². The molecule has 0 saturated heterocycles. The third kappa shape index (κ3) is 0.853. The molecular formula is C6H7N2O2. The van der Waals surface area contributed by atoms with Crippen LogP contribution in [0.5, 0.6) is 0 Å². The van der Waals surface area contributed by atoms with Crippen LogP contribution in [0.25, 0.3) is 0 Å². The summed E-state index contributed by atoms with van der Waals surface area (Å²) in [4.78, 5) is 8.67. The van der Waals surface area contributed by atoms with Gasteiger partial charge in [0.05, 0.1) is 12.5 Å². The Morgan fingerprint density at radius 1 is 1.60 bits per heavy atom. The molecule has 0 bridgehead atoms. The van der Waals surface area contributed by atoms with Gasteiger partial charge in [-0.1, -0.05) is 5.16 Å². The van der Waals surface area contributed by atoms with Gasteiger partial charge in [-0.25, -0.2) is 0 Å². The second kappa shape index (κ2) is 2.28. The van der Waals surface area contributed by atoms with Crippen LogP contribution in [0.4, 0.5) is 0 Å². The van der Waals surface area contributed by atoms with Crippen LogP contribution in [0.15, 0.2) is 10.1 Å². The zero-order chi connectivity index (χ0) is 6.81. The van der Waals surface area contributed by atoms with Crippen LogP contribution in [0.1, 0.15) is 0 Å². The van der Waals surface area contributed by atoms with Gasteiger partial charge in [-0.2, -0.15) is 0 Å². The Kier molecular flexibility index (Phi) is 1.30. The van der Waals surface area contributed by atoms with E-state index in [4.69, 9.17) is 9.57 Å². The Balaban J connectivity index is 1.93. The van der Waals surface area contributed by atoms with Crippen molar-refractivity contribution in [3.63, 3.8) is 0 Å². The Bertz CT molecular complexity index is 171. The molecule has 0 spiro atoms. The Labute approximate surface area is 58.5 Å². The lowest BCUT2D eigenvalue weighted by Gasteiger charge is -2.10. The van der Waals surface area contributed by atoms with Gasteiger partial charge in [-0.05, 0) is 0 Å². The van der Waals surface area contributed by atoms with E-state index in [0.717, 1.165) is 0 Å². The van der Waals surface area contributed by atoms with Crippen LogP contribution in [-0.2, 0) is 9.57 Å². The minimum atomic E-state index is 0.103. The molecule has 4 nitrogen and oxygen atoms in total. The predicted molar refractivity (Wildman–Crippen MR) is 35.1 cm³/mol. The topological polar surface area (TPSA) is 43.2 Å². The van der Waals surface area contributed by atoms with Crippen molar-refractivity contribution in [2.75, 3.05) is 13.2 Å². The van der Waals surface area contributed by atoms with Crippen molar-refractivity contribution in [2.45, 2.75) is 6.10 Å². The highest BCUT2D eigenvalue weighted by Gasteiger charge is 2.27. The van der Waals surface area contributed by atoms with Crippen LogP contribution in [-0.4, -0.2) is 31.9 Å². The van der Waals surface area contributed by atoms with Gasteiger partial charge in [-0.3, -0.25) is 4.99 Å². The molecule has 2 atom stereocenters. The lowest BCUT2D eigenvalue weighted by Crippen LogP contribution is -2.25. The molecule has 0 N–H and O–H groups in total. The number of hydrogen-bond donors (Lipinski definition) is 0. The average Bonchev–Trinajstić information content (AvgIpc) is 2.59. The first-order valence-electron chi connectivity index (χ1n) is 3.18. The van der Waals surface area contributed by atoms with Gasteiger partial charge in [0.2, 0.25) is 0 Å². The lowest BCUT2D eigenvalue weighted by molar-refractivity contribution is 0.109. The van der Waals surface area contributed by atoms with Crippen LogP contribution in [0.3, 0.4) is 0 Å². The third-order valence-electron chi connectivity index (χ3n) is 1.58. The van der Waals surface area contributed by atoms with Crippen molar-refractivity contribution in [3.05, 3.63) is 0 Å². The first-order chi connectivity index (χ1) is 4.97. The molecule has 2 rings (SSSR count). The van der Waals surface area contributed by atoms with Gasteiger partial charge < -0.3 is 9.57 Å². The molecule has 2 unspecified atom stereocenters. The standard InChI is InChI=1S/C6H7N2O2/c1-5(3-10-8-1)6-2-7-4-9-6/h4-6H,2-3H2. The van der Waals surface area contributed by atoms with Gasteiger partial charge in [0.15, 0.2) is 6.40 Å². The molecular weight excluding hydrogens is 132 g/mol. The van der Waals surface area contributed by atoms with Gasteiger partial charge in [0.25, 0.3) is 0 Å². The summed E-state index contributed by atoms with van der Waals surface area (Å²) in [5.74, 6) is 0.169. The molecule has 2 heterocycles. The van der Waals surface area contributed by atoms with E-state index in [9.17, 15) is 0 Å². The molecule has 0 aromatic carbocycles. The number of aliphatic imine (C=N–C) groups is 1. The normalized spacial score (nSPS) is 36.0. The molecule has 2 aliphatic rings. The van der Waals surface area contributed by atoms with Crippen LogP contribution >= 0.6 is 0 Å². The molecule has 0 saturated carbocycles. The summed E-state index contributed by atoms with van der Waals surface area (Å²) >= 11 is 0. The van der Waals surface area contributed by atoms with E-state index in [0.29, 0.717) is 13.2 Å². The summed E-state index contributed by atoms with van der Waals surface area (Å²) in [5.41, 5.74) is 0. The summed E-state index contributed by atoms with van der Waals surface area (Å²) in [6.45, 7) is 1.28. The van der Waals surface area contributed by atoms with E-state index in [1.165, 1.54) is 6.40 Å². The van der Waals surface area contributed by atoms with E-state index >= 15 is 0 Å². The summed E-state index contributed by atoms with van der Waals surface area (Å²) in [5, 5.41) is 3.52. The number of hydrogen-bond acceptors (Lipinski definition) is 4. The summed E-state index contributed by atoms with van der Waals surface area (Å²) < 4.78 is 5.14. The third-order valence-corrected chi connectivity index (χ3v) is 1.58. The van der Waals surface area contributed by atoms with E-state index < -0.39 is 0 Å². The number of ether oxygens (including phenoxy) is 1. The maximum absolute atomic E-state index is 5.14. The van der Waals surface area contributed by atoms with Crippen molar-refractivity contribution in [1.29, 1.82) is 0 Å². The van der Waals surface area contributed by atoms with Gasteiger partial charge in [-0.15, -0.1) is 0 Å². The summed E-state index contributed by atoms with van der Waals surface area (Å²) in [6.07, 6.45) is 4.38. The number of nitrogens with zero attached hydrogens (tertiary/aromatic N) is 2. The fourth-order valence-electron chi connectivity index (χ4n) is 0.983. The minimum absolute atomic E-state index is 0.103. The molecule has 0 fully saturated rings. The minimum Gasteiger partial charge on any atom is -0.478 e. The SMILES string of the molecule is [C]1=NOCC1C1CN=CO1. The Morgan fingerprint density at radius 3 is 3.20 bits per heavy atom. The largest absolute Gasteiger partial charge is 0.478 e. The molecule has 10 heavy (non-hydrogen) atoms. The molecule has 4 heteroatoms. The van der Waals surface area contributed by atoms with Crippen molar-refractivity contribution < 1.29 is 9.57 Å². The van der Waals surface area contributed by atoms with Gasteiger partial charge in [0, 0.05) is 0 Å². The fraction of sp³-hybridized carbons (Fsp3) is 0.667. The first-order valence-corrected chi connectivity index (χ1v) is 3.18. The molecule has 0 aromatic heterocycles.